The topological polar surface area (TPSA) is 69.7 Å². The smallest absolute Gasteiger partial charge is 0.305 e. The summed E-state index contributed by atoms with van der Waals surface area (Å²) in [5, 5.41) is 4.72. The van der Waals surface area contributed by atoms with E-state index in [1.807, 2.05) is 42.6 Å². The molecule has 0 aliphatic rings. The maximum atomic E-state index is 11.5. The SMILES string of the molecule is COC(=O)CCCC(NCc1cnc2ccccc2c1)c1ccc(OC)cc1OC. The quantitative estimate of drug-likeness (QED) is 0.501. The van der Waals surface area contributed by atoms with E-state index in [0.29, 0.717) is 19.4 Å². The molecule has 1 N–H and O–H groups in total. The van der Waals surface area contributed by atoms with Gasteiger partial charge in [-0.3, -0.25) is 9.78 Å². The average molecular weight is 408 g/mol. The van der Waals surface area contributed by atoms with Crippen LogP contribution in [0.5, 0.6) is 11.5 Å². The first-order chi connectivity index (χ1) is 14.6. The molecule has 1 unspecified atom stereocenters. The zero-order chi connectivity index (χ0) is 21.3. The maximum Gasteiger partial charge on any atom is 0.305 e. The minimum absolute atomic E-state index is 0.00184. The number of esters is 1. The summed E-state index contributed by atoms with van der Waals surface area (Å²) >= 11 is 0. The fourth-order valence-electron chi connectivity index (χ4n) is 3.48. The molecule has 0 aliphatic heterocycles. The third-order valence-corrected chi connectivity index (χ3v) is 5.12. The Bertz CT molecular complexity index is 990. The summed E-state index contributed by atoms with van der Waals surface area (Å²) in [5.41, 5.74) is 3.10. The van der Waals surface area contributed by atoms with Crippen LogP contribution >= 0.6 is 0 Å². The lowest BCUT2D eigenvalue weighted by Crippen LogP contribution is -2.22. The van der Waals surface area contributed by atoms with Crippen LogP contribution in [0.15, 0.2) is 54.7 Å². The number of benzene rings is 2. The van der Waals surface area contributed by atoms with Crippen molar-refractivity contribution in [2.45, 2.75) is 31.8 Å². The van der Waals surface area contributed by atoms with Crippen LogP contribution in [-0.4, -0.2) is 32.3 Å². The third-order valence-electron chi connectivity index (χ3n) is 5.12. The fraction of sp³-hybridized carbons (Fsp3) is 0.333. The number of fused-ring (bicyclic) bond motifs is 1. The number of nitrogens with zero attached hydrogens (tertiary/aromatic N) is 1. The molecule has 6 heteroatoms. The molecule has 0 aliphatic carbocycles. The molecule has 0 amide bonds. The number of carbonyl (C=O) groups excluding carboxylic acids is 1. The van der Waals surface area contributed by atoms with Gasteiger partial charge in [-0.15, -0.1) is 0 Å². The number of hydrogen-bond acceptors (Lipinski definition) is 6. The first-order valence-electron chi connectivity index (χ1n) is 10.0. The number of nitrogens with one attached hydrogen (secondary N) is 1. The molecule has 0 radical (unpaired) electrons. The van der Waals surface area contributed by atoms with E-state index in [9.17, 15) is 4.79 Å². The van der Waals surface area contributed by atoms with Gasteiger partial charge in [0.15, 0.2) is 0 Å². The molecule has 1 atom stereocenters. The zero-order valence-electron chi connectivity index (χ0n) is 17.7. The van der Waals surface area contributed by atoms with Gasteiger partial charge in [-0.25, -0.2) is 0 Å². The lowest BCUT2D eigenvalue weighted by Gasteiger charge is -2.22. The highest BCUT2D eigenvalue weighted by Gasteiger charge is 2.17. The number of hydrogen-bond donors (Lipinski definition) is 1. The summed E-state index contributed by atoms with van der Waals surface area (Å²) in [6, 6.07) is 16.0. The summed E-state index contributed by atoms with van der Waals surface area (Å²) in [5.74, 6) is 1.29. The Morgan fingerprint density at radius 1 is 1.07 bits per heavy atom. The Morgan fingerprint density at radius 2 is 1.90 bits per heavy atom. The van der Waals surface area contributed by atoms with Crippen molar-refractivity contribution in [1.82, 2.24) is 10.3 Å². The van der Waals surface area contributed by atoms with Crippen LogP contribution in [0.25, 0.3) is 10.9 Å². The minimum Gasteiger partial charge on any atom is -0.497 e. The Morgan fingerprint density at radius 3 is 2.67 bits per heavy atom. The fourth-order valence-corrected chi connectivity index (χ4v) is 3.48. The van der Waals surface area contributed by atoms with Crippen LogP contribution < -0.4 is 14.8 Å². The summed E-state index contributed by atoms with van der Waals surface area (Å²) in [4.78, 5) is 16.1. The summed E-state index contributed by atoms with van der Waals surface area (Å²) in [6.07, 6.45) is 3.74. The van der Waals surface area contributed by atoms with Gasteiger partial charge < -0.3 is 19.5 Å². The van der Waals surface area contributed by atoms with Gasteiger partial charge in [0.05, 0.1) is 26.8 Å². The normalized spacial score (nSPS) is 11.8. The van der Waals surface area contributed by atoms with Crippen molar-refractivity contribution < 1.29 is 19.0 Å². The van der Waals surface area contributed by atoms with Crippen molar-refractivity contribution >= 4 is 16.9 Å². The Hall–Kier alpha value is -3.12. The molecule has 1 heterocycles. The molecule has 30 heavy (non-hydrogen) atoms. The van der Waals surface area contributed by atoms with Crippen molar-refractivity contribution in [2.75, 3.05) is 21.3 Å². The molecule has 0 bridgehead atoms. The number of rotatable bonds is 10. The predicted molar refractivity (Wildman–Crippen MR) is 117 cm³/mol. The van der Waals surface area contributed by atoms with Gasteiger partial charge in [-0.2, -0.15) is 0 Å². The molecule has 0 fully saturated rings. The highest BCUT2D eigenvalue weighted by atomic mass is 16.5. The molecule has 0 saturated heterocycles. The molecule has 158 valence electrons. The van der Waals surface area contributed by atoms with Gasteiger partial charge in [0.2, 0.25) is 0 Å². The number of methoxy groups -OCH3 is 3. The summed E-state index contributed by atoms with van der Waals surface area (Å²) < 4.78 is 15.7. The molecule has 6 nitrogen and oxygen atoms in total. The number of pyridine rings is 1. The molecular formula is C24H28N2O4. The second kappa shape index (κ2) is 10.6. The monoisotopic (exact) mass is 408 g/mol. The standard InChI is InChI=1S/C24H28N2O4/c1-28-19-11-12-20(23(14-19)29-2)22(9-6-10-24(27)30-3)26-16-17-13-18-7-4-5-8-21(18)25-15-17/h4-5,7-8,11-15,22,26H,6,9-10,16H2,1-3H3. The molecule has 3 aromatic rings. The van der Waals surface area contributed by atoms with E-state index in [0.717, 1.165) is 39.9 Å². The van der Waals surface area contributed by atoms with E-state index in [-0.39, 0.29) is 12.0 Å². The molecular weight excluding hydrogens is 380 g/mol. The molecule has 2 aromatic carbocycles. The van der Waals surface area contributed by atoms with Crippen LogP contribution in [0.2, 0.25) is 0 Å². The van der Waals surface area contributed by atoms with Crippen molar-refractivity contribution in [2.24, 2.45) is 0 Å². The second-order valence-corrected chi connectivity index (χ2v) is 7.05. The number of aromatic nitrogens is 1. The second-order valence-electron chi connectivity index (χ2n) is 7.05. The van der Waals surface area contributed by atoms with E-state index in [4.69, 9.17) is 14.2 Å². The van der Waals surface area contributed by atoms with E-state index in [1.54, 1.807) is 14.2 Å². The average Bonchev–Trinajstić information content (AvgIpc) is 2.80. The van der Waals surface area contributed by atoms with Gasteiger partial charge in [-0.1, -0.05) is 24.3 Å². The van der Waals surface area contributed by atoms with E-state index >= 15 is 0 Å². The van der Waals surface area contributed by atoms with Gasteiger partial charge in [0.25, 0.3) is 0 Å². The molecule has 0 saturated carbocycles. The minimum atomic E-state index is -0.200. The van der Waals surface area contributed by atoms with Crippen molar-refractivity contribution in [3.8, 4) is 11.5 Å². The Balaban J connectivity index is 1.78. The molecule has 1 aromatic heterocycles. The van der Waals surface area contributed by atoms with Gasteiger partial charge in [-0.05, 0) is 36.6 Å². The Kier molecular flexibility index (Phi) is 7.63. The summed E-state index contributed by atoms with van der Waals surface area (Å²) in [6.45, 7) is 0.649. The van der Waals surface area contributed by atoms with Crippen molar-refractivity contribution in [1.29, 1.82) is 0 Å². The first-order valence-corrected chi connectivity index (χ1v) is 10.0. The maximum absolute atomic E-state index is 11.5. The highest BCUT2D eigenvalue weighted by molar-refractivity contribution is 5.78. The molecule has 0 spiro atoms. The lowest BCUT2D eigenvalue weighted by atomic mass is 9.99. The number of carbonyl (C=O) groups is 1. The van der Waals surface area contributed by atoms with Crippen molar-refractivity contribution in [3.63, 3.8) is 0 Å². The van der Waals surface area contributed by atoms with Crippen LogP contribution in [0, 0.1) is 0 Å². The van der Waals surface area contributed by atoms with Crippen LogP contribution in [0.3, 0.4) is 0 Å². The van der Waals surface area contributed by atoms with Crippen LogP contribution in [0.4, 0.5) is 0 Å². The van der Waals surface area contributed by atoms with E-state index < -0.39 is 0 Å². The number of ether oxygens (including phenoxy) is 3. The van der Waals surface area contributed by atoms with Gasteiger partial charge >= 0.3 is 5.97 Å². The van der Waals surface area contributed by atoms with E-state index in [1.165, 1.54) is 7.11 Å². The van der Waals surface area contributed by atoms with Crippen LogP contribution in [-0.2, 0) is 16.1 Å². The largest absolute Gasteiger partial charge is 0.497 e. The third kappa shape index (κ3) is 5.48. The molecule has 3 rings (SSSR count). The van der Waals surface area contributed by atoms with Crippen LogP contribution in [0.1, 0.15) is 36.4 Å². The zero-order valence-corrected chi connectivity index (χ0v) is 17.7. The number of para-hydroxylation sites is 1. The van der Waals surface area contributed by atoms with Gasteiger partial charge in [0.1, 0.15) is 11.5 Å². The first kappa shape index (κ1) is 21.6. The lowest BCUT2D eigenvalue weighted by molar-refractivity contribution is -0.140. The van der Waals surface area contributed by atoms with E-state index in [2.05, 4.69) is 22.4 Å². The van der Waals surface area contributed by atoms with Crippen molar-refractivity contribution in [3.05, 3.63) is 65.9 Å². The highest BCUT2D eigenvalue weighted by Crippen LogP contribution is 2.32. The van der Waals surface area contributed by atoms with Gasteiger partial charge in [0, 0.05) is 42.2 Å². The summed E-state index contributed by atoms with van der Waals surface area (Å²) in [7, 11) is 4.70. The Labute approximate surface area is 177 Å². The predicted octanol–water partition coefficient (Wildman–Crippen LogP) is 4.43.